The molecule has 28 heavy (non-hydrogen) atoms. The van der Waals surface area contributed by atoms with Gasteiger partial charge in [-0.05, 0) is 97.4 Å². The van der Waals surface area contributed by atoms with E-state index in [-0.39, 0.29) is 0 Å². The van der Waals surface area contributed by atoms with Gasteiger partial charge in [0, 0.05) is 0 Å². The van der Waals surface area contributed by atoms with Gasteiger partial charge in [0.25, 0.3) is 0 Å². The summed E-state index contributed by atoms with van der Waals surface area (Å²) in [6.45, 7) is 6.76. The van der Waals surface area contributed by atoms with Crippen LogP contribution in [0, 0.1) is 20.8 Å². The molecule has 0 spiro atoms. The molecule has 1 aliphatic rings. The topological polar surface area (TPSA) is 0 Å². The first kappa shape index (κ1) is 18.7. The minimum Gasteiger partial charge on any atom is -0.0617 e. The van der Waals surface area contributed by atoms with Crippen LogP contribution in [0.25, 0.3) is 12.2 Å². The molecule has 142 valence electrons. The van der Waals surface area contributed by atoms with Crippen LogP contribution in [0.3, 0.4) is 0 Å². The molecule has 4 rings (SSSR count). The van der Waals surface area contributed by atoms with E-state index in [4.69, 9.17) is 0 Å². The predicted octanol–water partition coefficient (Wildman–Crippen LogP) is 7.06. The summed E-state index contributed by atoms with van der Waals surface area (Å²) in [4.78, 5) is 0. The largest absolute Gasteiger partial charge is 0.0617 e. The molecular weight excluding hydrogens is 336 g/mol. The summed E-state index contributed by atoms with van der Waals surface area (Å²) in [5.74, 6) is 0. The van der Waals surface area contributed by atoms with Crippen LogP contribution in [0.15, 0.2) is 54.6 Å². The summed E-state index contributed by atoms with van der Waals surface area (Å²) in [7, 11) is 0. The molecule has 1 aliphatic carbocycles. The molecule has 3 aromatic rings. The number of hydrogen-bond donors (Lipinski definition) is 0. The van der Waals surface area contributed by atoms with Gasteiger partial charge in [-0.25, -0.2) is 0 Å². The van der Waals surface area contributed by atoms with Crippen molar-refractivity contribution in [3.8, 4) is 0 Å². The van der Waals surface area contributed by atoms with Crippen molar-refractivity contribution in [2.24, 2.45) is 0 Å². The predicted molar refractivity (Wildman–Crippen MR) is 122 cm³/mol. The summed E-state index contributed by atoms with van der Waals surface area (Å²) in [5.41, 5.74) is 13.0. The molecule has 0 heteroatoms. The van der Waals surface area contributed by atoms with E-state index in [1.165, 1.54) is 62.9 Å². The van der Waals surface area contributed by atoms with Gasteiger partial charge in [0.1, 0.15) is 0 Å². The van der Waals surface area contributed by atoms with E-state index < -0.39 is 0 Å². The highest BCUT2D eigenvalue weighted by molar-refractivity contribution is 5.70. The third kappa shape index (κ3) is 4.12. The van der Waals surface area contributed by atoms with Crippen molar-refractivity contribution in [3.05, 3.63) is 105 Å². The standard InChI is InChI=1S/C28H30/c1-20-10-12-23(13-11-20)14-15-24-18-27-9-5-7-25-6-4-8-26(21(25)2)16-17-28(19-24)22(27)3/h4,6,8,10-15,18-19H,5,7,9,16-17H2,1-3H3/b15-14-. The molecule has 0 saturated heterocycles. The maximum absolute atomic E-state index is 2.41. The van der Waals surface area contributed by atoms with Crippen LogP contribution >= 0.6 is 0 Å². The highest BCUT2D eigenvalue weighted by Crippen LogP contribution is 2.26. The molecular formula is C28H30. The van der Waals surface area contributed by atoms with Crippen LogP contribution in [-0.2, 0) is 25.7 Å². The summed E-state index contributed by atoms with van der Waals surface area (Å²) in [6.07, 6.45) is 10.3. The Morgan fingerprint density at radius 2 is 1.11 bits per heavy atom. The molecule has 0 radical (unpaired) electrons. The highest BCUT2D eigenvalue weighted by Gasteiger charge is 2.11. The monoisotopic (exact) mass is 366 g/mol. The molecule has 0 aliphatic heterocycles. The lowest BCUT2D eigenvalue weighted by Crippen LogP contribution is -2.00. The Morgan fingerprint density at radius 1 is 0.571 bits per heavy atom. The summed E-state index contributed by atoms with van der Waals surface area (Å²) < 4.78 is 0. The normalized spacial score (nSPS) is 14.1. The van der Waals surface area contributed by atoms with Crippen LogP contribution in [0.5, 0.6) is 0 Å². The van der Waals surface area contributed by atoms with E-state index in [0.717, 1.165) is 19.3 Å². The van der Waals surface area contributed by atoms with Gasteiger partial charge in [-0.15, -0.1) is 0 Å². The molecule has 0 N–H and O–H groups in total. The summed E-state index contributed by atoms with van der Waals surface area (Å²) in [6, 6.07) is 20.4. The second kappa shape index (κ2) is 8.19. The molecule has 0 saturated carbocycles. The number of benzene rings is 3. The zero-order chi connectivity index (χ0) is 19.5. The quantitative estimate of drug-likeness (QED) is 0.426. The molecule has 0 aromatic heterocycles. The maximum atomic E-state index is 2.41. The Labute approximate surface area is 169 Å². The van der Waals surface area contributed by atoms with Gasteiger partial charge in [0.2, 0.25) is 0 Å². The number of hydrogen-bond acceptors (Lipinski definition) is 0. The molecule has 3 aromatic carbocycles. The van der Waals surface area contributed by atoms with Crippen LogP contribution in [0.2, 0.25) is 0 Å². The number of rotatable bonds is 2. The van der Waals surface area contributed by atoms with Gasteiger partial charge >= 0.3 is 0 Å². The average molecular weight is 367 g/mol. The van der Waals surface area contributed by atoms with E-state index >= 15 is 0 Å². The Balaban J connectivity index is 1.66. The second-order valence-electron chi connectivity index (χ2n) is 8.26. The van der Waals surface area contributed by atoms with Gasteiger partial charge in [-0.3, -0.25) is 0 Å². The lowest BCUT2D eigenvalue weighted by molar-refractivity contribution is 0.810. The van der Waals surface area contributed by atoms with E-state index in [2.05, 4.69) is 87.5 Å². The van der Waals surface area contributed by atoms with Crippen molar-refractivity contribution in [3.63, 3.8) is 0 Å². The molecule has 0 atom stereocenters. The molecule has 0 heterocycles. The van der Waals surface area contributed by atoms with E-state index in [1.54, 1.807) is 0 Å². The molecule has 4 bridgehead atoms. The van der Waals surface area contributed by atoms with Gasteiger partial charge in [-0.2, -0.15) is 0 Å². The summed E-state index contributed by atoms with van der Waals surface area (Å²) in [5, 5.41) is 0. The second-order valence-corrected chi connectivity index (χ2v) is 8.26. The number of aryl methyl sites for hydroxylation is 5. The Kier molecular flexibility index (Phi) is 5.48. The zero-order valence-corrected chi connectivity index (χ0v) is 17.4. The first-order valence-electron chi connectivity index (χ1n) is 10.5. The lowest BCUT2D eigenvalue weighted by Gasteiger charge is -2.13. The van der Waals surface area contributed by atoms with Crippen molar-refractivity contribution in [2.45, 2.75) is 52.9 Å². The van der Waals surface area contributed by atoms with Gasteiger partial charge in [0.05, 0.1) is 0 Å². The van der Waals surface area contributed by atoms with Crippen LogP contribution in [0.1, 0.15) is 56.5 Å². The highest BCUT2D eigenvalue weighted by atomic mass is 14.2. The SMILES string of the molecule is Cc1ccc(/C=C\c2cc3c(C)c(c2)CCc2cccc(c2C)CCC3)cc1. The van der Waals surface area contributed by atoms with Crippen LogP contribution < -0.4 is 0 Å². The van der Waals surface area contributed by atoms with Crippen molar-refractivity contribution in [1.29, 1.82) is 0 Å². The van der Waals surface area contributed by atoms with Crippen molar-refractivity contribution in [1.82, 2.24) is 0 Å². The smallest absolute Gasteiger partial charge is 0.0235 e. The van der Waals surface area contributed by atoms with E-state index in [1.807, 2.05) is 0 Å². The number of fused-ring (bicyclic) bond motifs is 4. The van der Waals surface area contributed by atoms with E-state index in [0.29, 0.717) is 0 Å². The fourth-order valence-electron chi connectivity index (χ4n) is 4.37. The van der Waals surface area contributed by atoms with Crippen LogP contribution in [-0.4, -0.2) is 0 Å². The Bertz CT molecular complexity index is 1000. The van der Waals surface area contributed by atoms with Crippen molar-refractivity contribution < 1.29 is 0 Å². The average Bonchev–Trinajstić information content (AvgIpc) is 2.70. The molecule has 0 fully saturated rings. The van der Waals surface area contributed by atoms with Gasteiger partial charge in [0.15, 0.2) is 0 Å². The summed E-state index contributed by atoms with van der Waals surface area (Å²) >= 11 is 0. The third-order valence-corrected chi connectivity index (χ3v) is 6.30. The first-order chi connectivity index (χ1) is 13.6. The molecule has 0 unspecified atom stereocenters. The van der Waals surface area contributed by atoms with E-state index in [9.17, 15) is 0 Å². The fraction of sp³-hybridized carbons (Fsp3) is 0.286. The zero-order valence-electron chi connectivity index (χ0n) is 17.4. The minimum absolute atomic E-state index is 1.12. The van der Waals surface area contributed by atoms with Gasteiger partial charge < -0.3 is 0 Å². The Morgan fingerprint density at radius 3 is 1.86 bits per heavy atom. The first-order valence-corrected chi connectivity index (χ1v) is 10.5. The molecule has 0 nitrogen and oxygen atoms in total. The third-order valence-electron chi connectivity index (χ3n) is 6.30. The van der Waals surface area contributed by atoms with Gasteiger partial charge in [-0.1, -0.05) is 72.3 Å². The fourth-order valence-corrected chi connectivity index (χ4v) is 4.37. The van der Waals surface area contributed by atoms with Crippen LogP contribution in [0.4, 0.5) is 0 Å². The van der Waals surface area contributed by atoms with Crippen molar-refractivity contribution in [2.75, 3.05) is 0 Å². The van der Waals surface area contributed by atoms with Crippen molar-refractivity contribution >= 4 is 12.2 Å². The Hall–Kier alpha value is -2.60. The molecule has 0 amide bonds. The maximum Gasteiger partial charge on any atom is -0.0235 e. The minimum atomic E-state index is 1.12. The lowest BCUT2D eigenvalue weighted by atomic mass is 9.92.